The molecule has 0 saturated carbocycles. The highest BCUT2D eigenvalue weighted by molar-refractivity contribution is 5.93. The number of hydrogen-bond acceptors (Lipinski definition) is 5. The van der Waals surface area contributed by atoms with Crippen molar-refractivity contribution in [1.82, 2.24) is 24.6 Å². The average molecular weight is 369 g/mol. The second-order valence-electron chi connectivity index (χ2n) is 7.78. The van der Waals surface area contributed by atoms with Gasteiger partial charge in [0.2, 0.25) is 0 Å². The van der Waals surface area contributed by atoms with Gasteiger partial charge in [-0.25, -0.2) is 5.10 Å². The number of likely N-dealkylation sites (tertiary alicyclic amines) is 1. The van der Waals surface area contributed by atoms with Crippen molar-refractivity contribution in [2.75, 3.05) is 27.2 Å². The number of amides is 1. The first-order valence-corrected chi connectivity index (χ1v) is 9.13. The summed E-state index contributed by atoms with van der Waals surface area (Å²) in [6.07, 6.45) is 2.37. The third kappa shape index (κ3) is 3.32. The SMILES string of the molecule is CN(C)Cc1ccc2n(c1=O)C[C@H]1C[C@@H]2CN(C(=O)c2cn[nH]c(=O)c2)C1. The molecule has 142 valence electrons. The maximum atomic E-state index is 12.9. The number of nitrogens with zero attached hydrogens (tertiary/aromatic N) is 4. The Kier molecular flexibility index (Phi) is 4.43. The number of fused-ring (bicyclic) bond motifs is 4. The molecule has 2 aliphatic heterocycles. The van der Waals surface area contributed by atoms with E-state index in [0.29, 0.717) is 31.7 Å². The highest BCUT2D eigenvalue weighted by atomic mass is 16.2. The van der Waals surface area contributed by atoms with Gasteiger partial charge in [0, 0.05) is 49.4 Å². The minimum Gasteiger partial charge on any atom is -0.338 e. The molecule has 2 aromatic rings. The van der Waals surface area contributed by atoms with E-state index < -0.39 is 0 Å². The third-order valence-corrected chi connectivity index (χ3v) is 5.37. The maximum Gasteiger partial charge on any atom is 0.264 e. The lowest BCUT2D eigenvalue weighted by atomic mass is 9.82. The van der Waals surface area contributed by atoms with Crippen LogP contribution in [0.1, 0.15) is 34.0 Å². The Morgan fingerprint density at radius 3 is 2.81 bits per heavy atom. The summed E-state index contributed by atoms with van der Waals surface area (Å²) in [6.45, 7) is 2.39. The normalized spacial score (nSPS) is 21.2. The van der Waals surface area contributed by atoms with Crippen molar-refractivity contribution in [3.8, 4) is 0 Å². The molecule has 0 aliphatic carbocycles. The smallest absolute Gasteiger partial charge is 0.264 e. The molecule has 8 nitrogen and oxygen atoms in total. The maximum absolute atomic E-state index is 12.9. The van der Waals surface area contributed by atoms with Gasteiger partial charge in [0.25, 0.3) is 17.0 Å². The molecule has 4 heterocycles. The number of hydrogen-bond donors (Lipinski definition) is 1. The molecule has 0 aromatic carbocycles. The molecule has 1 saturated heterocycles. The van der Waals surface area contributed by atoms with Gasteiger partial charge in [-0.2, -0.15) is 5.10 Å². The van der Waals surface area contributed by atoms with E-state index in [-0.39, 0.29) is 28.9 Å². The van der Waals surface area contributed by atoms with Gasteiger partial charge in [-0.3, -0.25) is 14.4 Å². The zero-order valence-electron chi connectivity index (χ0n) is 15.5. The lowest BCUT2D eigenvalue weighted by Gasteiger charge is -2.43. The van der Waals surface area contributed by atoms with Gasteiger partial charge in [0.1, 0.15) is 0 Å². The summed E-state index contributed by atoms with van der Waals surface area (Å²) < 4.78 is 1.90. The second-order valence-corrected chi connectivity index (χ2v) is 7.78. The number of H-pyrrole nitrogens is 1. The number of pyridine rings is 1. The van der Waals surface area contributed by atoms with Gasteiger partial charge >= 0.3 is 0 Å². The highest BCUT2D eigenvalue weighted by Crippen LogP contribution is 2.35. The minimum atomic E-state index is -0.386. The number of piperidine rings is 1. The first kappa shape index (κ1) is 17.7. The molecule has 1 amide bonds. The molecule has 0 radical (unpaired) electrons. The number of nitrogens with one attached hydrogen (secondary N) is 1. The van der Waals surface area contributed by atoms with Crippen molar-refractivity contribution in [1.29, 1.82) is 0 Å². The Morgan fingerprint density at radius 2 is 2.07 bits per heavy atom. The summed E-state index contributed by atoms with van der Waals surface area (Å²) >= 11 is 0. The molecule has 2 aliphatic rings. The third-order valence-electron chi connectivity index (χ3n) is 5.37. The van der Waals surface area contributed by atoms with Gasteiger partial charge in [0.05, 0.1) is 11.8 Å². The van der Waals surface area contributed by atoms with Crippen molar-refractivity contribution in [2.24, 2.45) is 5.92 Å². The lowest BCUT2D eigenvalue weighted by Crippen LogP contribution is -2.49. The molecule has 2 atom stereocenters. The number of aromatic nitrogens is 3. The van der Waals surface area contributed by atoms with Crippen LogP contribution in [0, 0.1) is 5.92 Å². The second kappa shape index (κ2) is 6.77. The van der Waals surface area contributed by atoms with Crippen LogP contribution in [0.3, 0.4) is 0 Å². The number of aromatic amines is 1. The van der Waals surface area contributed by atoms with Crippen LogP contribution >= 0.6 is 0 Å². The number of carbonyl (C=O) groups is 1. The predicted octanol–water partition coefficient (Wildman–Crippen LogP) is 0.253. The largest absolute Gasteiger partial charge is 0.338 e. The van der Waals surface area contributed by atoms with Crippen molar-refractivity contribution >= 4 is 5.91 Å². The van der Waals surface area contributed by atoms with E-state index in [9.17, 15) is 14.4 Å². The van der Waals surface area contributed by atoms with Crippen LogP contribution in [-0.2, 0) is 13.1 Å². The fourth-order valence-electron chi connectivity index (χ4n) is 4.29. The van der Waals surface area contributed by atoms with E-state index in [0.717, 1.165) is 17.7 Å². The zero-order chi connectivity index (χ0) is 19.1. The zero-order valence-corrected chi connectivity index (χ0v) is 15.5. The topological polar surface area (TPSA) is 91.3 Å². The Balaban J connectivity index is 1.62. The van der Waals surface area contributed by atoms with Gasteiger partial charge in [0.15, 0.2) is 0 Å². The van der Waals surface area contributed by atoms with Gasteiger partial charge in [-0.1, -0.05) is 6.07 Å². The summed E-state index contributed by atoms with van der Waals surface area (Å²) in [5.41, 5.74) is 1.79. The van der Waals surface area contributed by atoms with Gasteiger partial charge < -0.3 is 14.4 Å². The molecule has 1 N–H and O–H groups in total. The molecular formula is C19H23N5O3. The van der Waals surface area contributed by atoms with Crippen molar-refractivity contribution in [3.63, 3.8) is 0 Å². The summed E-state index contributed by atoms with van der Waals surface area (Å²) in [6, 6.07) is 5.23. The van der Waals surface area contributed by atoms with Crippen molar-refractivity contribution < 1.29 is 4.79 Å². The first-order valence-electron chi connectivity index (χ1n) is 9.13. The molecule has 27 heavy (non-hydrogen) atoms. The summed E-state index contributed by atoms with van der Waals surface area (Å²) in [5.74, 6) is 0.197. The fraction of sp³-hybridized carbons (Fsp3) is 0.474. The van der Waals surface area contributed by atoms with E-state index in [1.165, 1.54) is 12.3 Å². The molecule has 8 heteroatoms. The molecule has 2 bridgehead atoms. The van der Waals surface area contributed by atoms with Crippen LogP contribution in [0.5, 0.6) is 0 Å². The summed E-state index contributed by atoms with van der Waals surface area (Å²) in [5, 5.41) is 6.01. The average Bonchev–Trinajstić information content (AvgIpc) is 2.63. The summed E-state index contributed by atoms with van der Waals surface area (Å²) in [7, 11) is 3.90. The monoisotopic (exact) mass is 369 g/mol. The van der Waals surface area contributed by atoms with E-state index in [4.69, 9.17) is 0 Å². The lowest BCUT2D eigenvalue weighted by molar-refractivity contribution is 0.0593. The van der Waals surface area contributed by atoms with E-state index >= 15 is 0 Å². The first-order chi connectivity index (χ1) is 12.9. The number of rotatable bonds is 3. The Morgan fingerprint density at radius 1 is 1.26 bits per heavy atom. The Labute approximate surface area is 156 Å². The van der Waals surface area contributed by atoms with Crippen LogP contribution in [0.2, 0.25) is 0 Å². The Hall–Kier alpha value is -2.74. The van der Waals surface area contributed by atoms with E-state index in [1.807, 2.05) is 35.7 Å². The van der Waals surface area contributed by atoms with Crippen LogP contribution in [0.15, 0.2) is 34.0 Å². The quantitative estimate of drug-likeness (QED) is 0.838. The Bertz CT molecular complexity index is 993. The molecule has 4 rings (SSSR count). The van der Waals surface area contributed by atoms with Crippen LogP contribution in [0.25, 0.3) is 0 Å². The molecule has 2 aromatic heterocycles. The van der Waals surface area contributed by atoms with Crippen LogP contribution in [-0.4, -0.2) is 57.7 Å². The highest BCUT2D eigenvalue weighted by Gasteiger charge is 2.37. The van der Waals surface area contributed by atoms with Crippen LogP contribution in [0.4, 0.5) is 0 Å². The minimum absolute atomic E-state index is 0.0782. The van der Waals surface area contributed by atoms with Gasteiger partial charge in [-0.15, -0.1) is 0 Å². The van der Waals surface area contributed by atoms with E-state index in [1.54, 1.807) is 4.90 Å². The standard InChI is InChI=1S/C19H23N5O3/c1-22(2)10-13-3-4-16-15-5-12(9-24(16)19(13)27)8-23(11-15)18(26)14-6-17(25)21-20-7-14/h3-4,6-7,12,15H,5,8-11H2,1-2H3,(H,21,25)/t12-,15+/m0/s1. The van der Waals surface area contributed by atoms with Crippen LogP contribution < -0.4 is 11.1 Å². The molecule has 1 fully saturated rings. The summed E-state index contributed by atoms with van der Waals surface area (Å²) in [4.78, 5) is 40.9. The fourth-order valence-corrected chi connectivity index (χ4v) is 4.29. The molecule has 0 spiro atoms. The van der Waals surface area contributed by atoms with Crippen molar-refractivity contribution in [2.45, 2.75) is 25.4 Å². The number of carbonyl (C=O) groups excluding carboxylic acids is 1. The molecule has 0 unspecified atom stereocenters. The van der Waals surface area contributed by atoms with E-state index in [2.05, 4.69) is 10.2 Å². The van der Waals surface area contributed by atoms with Gasteiger partial charge in [-0.05, 0) is 32.5 Å². The van der Waals surface area contributed by atoms with Crippen molar-refractivity contribution in [3.05, 3.63) is 61.9 Å². The molecular weight excluding hydrogens is 346 g/mol. The predicted molar refractivity (Wildman–Crippen MR) is 99.7 cm³/mol.